The molecule has 2 N–H and O–H groups in total. The molecule has 5 heteroatoms. The summed E-state index contributed by atoms with van der Waals surface area (Å²) < 4.78 is 11.0. The molecule has 0 radical (unpaired) electrons. The number of piperidine rings is 1. The van der Waals surface area contributed by atoms with Crippen molar-refractivity contribution in [1.82, 2.24) is 10.6 Å². The number of ether oxygens (including phenoxy) is 2. The summed E-state index contributed by atoms with van der Waals surface area (Å²) in [6, 6.07) is 6.00. The Morgan fingerprint density at radius 3 is 2.74 bits per heavy atom. The van der Waals surface area contributed by atoms with Crippen LogP contribution in [0.1, 0.15) is 24.0 Å². The van der Waals surface area contributed by atoms with E-state index < -0.39 is 0 Å². The Bertz CT molecular complexity index is 519. The summed E-state index contributed by atoms with van der Waals surface area (Å²) in [5.41, 5.74) is 2.20. The van der Waals surface area contributed by atoms with Crippen LogP contribution in [-0.4, -0.2) is 45.9 Å². The highest BCUT2D eigenvalue weighted by molar-refractivity contribution is 5.77. The van der Waals surface area contributed by atoms with Crippen LogP contribution < -0.4 is 15.4 Å². The van der Waals surface area contributed by atoms with Crippen molar-refractivity contribution < 1.29 is 14.3 Å². The molecule has 0 saturated carbocycles. The second kappa shape index (κ2) is 8.31. The van der Waals surface area contributed by atoms with E-state index in [1.165, 1.54) is 0 Å². The lowest BCUT2D eigenvalue weighted by Crippen LogP contribution is -2.47. The average molecular weight is 320 g/mol. The predicted octanol–water partition coefficient (Wildman–Crippen LogP) is 1.81. The summed E-state index contributed by atoms with van der Waals surface area (Å²) in [4.78, 5) is 12.1. The number of hydrogen-bond acceptors (Lipinski definition) is 4. The number of methoxy groups -OCH3 is 1. The van der Waals surface area contributed by atoms with Gasteiger partial charge in [-0.2, -0.15) is 0 Å². The molecule has 2 rings (SSSR count). The summed E-state index contributed by atoms with van der Waals surface area (Å²) in [5, 5.41) is 6.36. The van der Waals surface area contributed by atoms with Crippen LogP contribution in [0.3, 0.4) is 0 Å². The van der Waals surface area contributed by atoms with E-state index in [2.05, 4.69) is 10.6 Å². The van der Waals surface area contributed by atoms with Gasteiger partial charge >= 0.3 is 0 Å². The average Bonchev–Trinajstić information content (AvgIpc) is 2.55. The molecule has 5 nitrogen and oxygen atoms in total. The number of aryl methyl sites for hydroxylation is 2. The van der Waals surface area contributed by atoms with Crippen LogP contribution in [0.15, 0.2) is 18.2 Å². The van der Waals surface area contributed by atoms with Crippen molar-refractivity contribution in [1.29, 1.82) is 0 Å². The van der Waals surface area contributed by atoms with E-state index in [-0.39, 0.29) is 17.9 Å². The standard InChI is InChI=1S/C18H28N2O3/c1-14-4-5-15(2)16(10-14)23-11-17(21)20-12-18(13-22-3)6-8-19-9-7-18/h4-5,10,19H,6-9,11-13H2,1-3H3,(H,20,21). The number of nitrogens with one attached hydrogen (secondary N) is 2. The fourth-order valence-corrected chi connectivity index (χ4v) is 2.98. The van der Waals surface area contributed by atoms with Crippen molar-refractivity contribution in [2.45, 2.75) is 26.7 Å². The SMILES string of the molecule is COCC1(CNC(=O)COc2cc(C)ccc2C)CCNCC1. The molecule has 23 heavy (non-hydrogen) atoms. The fourth-order valence-electron chi connectivity index (χ4n) is 2.98. The molecule has 1 saturated heterocycles. The quantitative estimate of drug-likeness (QED) is 0.804. The van der Waals surface area contributed by atoms with E-state index in [9.17, 15) is 4.79 Å². The van der Waals surface area contributed by atoms with Crippen LogP contribution >= 0.6 is 0 Å². The molecule has 0 aromatic heterocycles. The number of hydrogen-bond donors (Lipinski definition) is 2. The molecule has 128 valence electrons. The maximum Gasteiger partial charge on any atom is 0.257 e. The largest absolute Gasteiger partial charge is 0.483 e. The molecule has 0 atom stereocenters. The van der Waals surface area contributed by atoms with Crippen LogP contribution in [0.5, 0.6) is 5.75 Å². The maximum absolute atomic E-state index is 12.1. The van der Waals surface area contributed by atoms with E-state index in [1.807, 2.05) is 32.0 Å². The van der Waals surface area contributed by atoms with Gasteiger partial charge in [-0.05, 0) is 57.0 Å². The van der Waals surface area contributed by atoms with Gasteiger partial charge in [0.1, 0.15) is 5.75 Å². The molecule has 1 aromatic carbocycles. The minimum absolute atomic E-state index is 0.0366. The van der Waals surface area contributed by atoms with Gasteiger partial charge in [-0.1, -0.05) is 12.1 Å². The zero-order chi connectivity index (χ0) is 16.7. The Morgan fingerprint density at radius 1 is 1.30 bits per heavy atom. The van der Waals surface area contributed by atoms with Crippen LogP contribution in [0, 0.1) is 19.3 Å². The minimum atomic E-state index is -0.0834. The Kier molecular flexibility index (Phi) is 6.42. The van der Waals surface area contributed by atoms with E-state index in [1.54, 1.807) is 7.11 Å². The molecule has 0 bridgehead atoms. The first-order valence-electron chi connectivity index (χ1n) is 8.21. The predicted molar refractivity (Wildman–Crippen MR) is 90.8 cm³/mol. The molecular formula is C18H28N2O3. The second-order valence-electron chi connectivity index (χ2n) is 6.52. The van der Waals surface area contributed by atoms with Gasteiger partial charge in [0.15, 0.2) is 6.61 Å². The first-order valence-corrected chi connectivity index (χ1v) is 8.21. The molecular weight excluding hydrogens is 292 g/mol. The van der Waals surface area contributed by atoms with E-state index in [0.29, 0.717) is 13.2 Å². The molecule has 0 unspecified atom stereocenters. The van der Waals surface area contributed by atoms with Crippen LogP contribution in [0.4, 0.5) is 0 Å². The maximum atomic E-state index is 12.1. The van der Waals surface area contributed by atoms with Crippen molar-refractivity contribution in [2.24, 2.45) is 5.41 Å². The first kappa shape index (κ1) is 17.8. The summed E-state index contributed by atoms with van der Waals surface area (Å²) in [6.07, 6.45) is 2.03. The van der Waals surface area contributed by atoms with Gasteiger partial charge in [-0.3, -0.25) is 4.79 Å². The molecule has 1 fully saturated rings. The Balaban J connectivity index is 1.83. The normalized spacial score (nSPS) is 16.8. The third kappa shape index (κ3) is 5.22. The van der Waals surface area contributed by atoms with Crippen molar-refractivity contribution in [3.63, 3.8) is 0 Å². The minimum Gasteiger partial charge on any atom is -0.483 e. The van der Waals surface area contributed by atoms with Gasteiger partial charge < -0.3 is 20.1 Å². The zero-order valence-corrected chi connectivity index (χ0v) is 14.4. The highest BCUT2D eigenvalue weighted by Gasteiger charge is 2.32. The van der Waals surface area contributed by atoms with Crippen molar-refractivity contribution in [3.8, 4) is 5.75 Å². The van der Waals surface area contributed by atoms with Crippen molar-refractivity contribution >= 4 is 5.91 Å². The van der Waals surface area contributed by atoms with Gasteiger partial charge in [0.25, 0.3) is 5.91 Å². The van der Waals surface area contributed by atoms with Gasteiger partial charge in [0.05, 0.1) is 6.61 Å². The highest BCUT2D eigenvalue weighted by atomic mass is 16.5. The Morgan fingerprint density at radius 2 is 2.04 bits per heavy atom. The number of amides is 1. The summed E-state index contributed by atoms with van der Waals surface area (Å²) in [5.74, 6) is 0.688. The monoisotopic (exact) mass is 320 g/mol. The number of carbonyl (C=O) groups is 1. The molecule has 0 spiro atoms. The van der Waals surface area contributed by atoms with Crippen LogP contribution in [-0.2, 0) is 9.53 Å². The van der Waals surface area contributed by atoms with E-state index in [4.69, 9.17) is 9.47 Å². The molecule has 0 aliphatic carbocycles. The number of carbonyl (C=O) groups excluding carboxylic acids is 1. The number of benzene rings is 1. The van der Waals surface area contributed by atoms with Gasteiger partial charge in [0.2, 0.25) is 0 Å². The third-order valence-electron chi connectivity index (χ3n) is 4.48. The summed E-state index contributed by atoms with van der Waals surface area (Å²) in [7, 11) is 1.72. The van der Waals surface area contributed by atoms with Crippen LogP contribution in [0.25, 0.3) is 0 Å². The lowest BCUT2D eigenvalue weighted by Gasteiger charge is -2.37. The second-order valence-corrected chi connectivity index (χ2v) is 6.52. The lowest BCUT2D eigenvalue weighted by atomic mass is 9.79. The van der Waals surface area contributed by atoms with Gasteiger partial charge in [-0.25, -0.2) is 0 Å². The van der Waals surface area contributed by atoms with Crippen molar-refractivity contribution in [2.75, 3.05) is 40.0 Å². The smallest absolute Gasteiger partial charge is 0.257 e. The first-order chi connectivity index (χ1) is 11.0. The fraction of sp³-hybridized carbons (Fsp3) is 0.611. The van der Waals surface area contributed by atoms with Gasteiger partial charge in [-0.15, -0.1) is 0 Å². The Labute approximate surface area is 138 Å². The topological polar surface area (TPSA) is 59.6 Å². The van der Waals surface area contributed by atoms with E-state index >= 15 is 0 Å². The number of rotatable bonds is 7. The molecule has 1 heterocycles. The summed E-state index contributed by atoms with van der Waals surface area (Å²) >= 11 is 0. The molecule has 1 aromatic rings. The van der Waals surface area contributed by atoms with Crippen molar-refractivity contribution in [3.05, 3.63) is 29.3 Å². The molecule has 1 amide bonds. The summed E-state index contributed by atoms with van der Waals surface area (Å²) in [6.45, 7) is 7.29. The highest BCUT2D eigenvalue weighted by Crippen LogP contribution is 2.28. The zero-order valence-electron chi connectivity index (χ0n) is 14.4. The molecule has 1 aliphatic rings. The Hall–Kier alpha value is -1.59. The van der Waals surface area contributed by atoms with Gasteiger partial charge in [0, 0.05) is 19.1 Å². The third-order valence-corrected chi connectivity index (χ3v) is 4.48. The van der Waals surface area contributed by atoms with E-state index in [0.717, 1.165) is 42.8 Å². The molecule has 1 aliphatic heterocycles. The lowest BCUT2D eigenvalue weighted by molar-refractivity contribution is -0.124. The van der Waals surface area contributed by atoms with Crippen LogP contribution in [0.2, 0.25) is 0 Å².